The van der Waals surface area contributed by atoms with E-state index in [2.05, 4.69) is 26.8 Å². The summed E-state index contributed by atoms with van der Waals surface area (Å²) in [5, 5.41) is 0.857. The molecule has 2 nitrogen and oxygen atoms in total. The van der Waals surface area contributed by atoms with Crippen LogP contribution in [0.2, 0.25) is 5.02 Å². The summed E-state index contributed by atoms with van der Waals surface area (Å²) in [5.74, 6) is 1.37. The molecule has 0 aliphatic carbocycles. The van der Waals surface area contributed by atoms with Crippen LogP contribution in [0.1, 0.15) is 49.8 Å². The van der Waals surface area contributed by atoms with Crippen LogP contribution in [0.3, 0.4) is 0 Å². The SMILES string of the molecule is CCOc1cc(C)c(Cl)c(C)c1C(C)CC1OC1C. The van der Waals surface area contributed by atoms with Gasteiger partial charge in [0, 0.05) is 10.6 Å². The van der Waals surface area contributed by atoms with Crippen LogP contribution in [0.4, 0.5) is 0 Å². The lowest BCUT2D eigenvalue weighted by Crippen LogP contribution is -2.07. The first-order chi connectivity index (χ1) is 8.95. The Morgan fingerprint density at radius 1 is 1.42 bits per heavy atom. The van der Waals surface area contributed by atoms with Crippen LogP contribution in [-0.4, -0.2) is 18.8 Å². The first kappa shape index (κ1) is 14.7. The van der Waals surface area contributed by atoms with Gasteiger partial charge in [0.2, 0.25) is 0 Å². The van der Waals surface area contributed by atoms with Crippen molar-refractivity contribution in [2.75, 3.05) is 6.61 Å². The minimum absolute atomic E-state index is 0.393. The number of rotatable bonds is 5. The fraction of sp³-hybridized carbons (Fsp3) is 0.625. The molecule has 3 unspecified atom stereocenters. The highest BCUT2D eigenvalue weighted by Gasteiger charge is 2.36. The first-order valence-electron chi connectivity index (χ1n) is 7.03. The molecule has 106 valence electrons. The summed E-state index contributed by atoms with van der Waals surface area (Å²) in [6.45, 7) is 11.1. The monoisotopic (exact) mass is 282 g/mol. The average molecular weight is 283 g/mol. The largest absolute Gasteiger partial charge is 0.494 e. The highest BCUT2D eigenvalue weighted by molar-refractivity contribution is 6.32. The fourth-order valence-corrected chi connectivity index (χ4v) is 2.92. The lowest BCUT2D eigenvalue weighted by atomic mass is 9.90. The molecule has 0 radical (unpaired) electrons. The normalized spacial score (nSPS) is 23.3. The van der Waals surface area contributed by atoms with Crippen molar-refractivity contribution in [2.45, 2.75) is 59.2 Å². The van der Waals surface area contributed by atoms with Crippen LogP contribution < -0.4 is 4.74 Å². The van der Waals surface area contributed by atoms with Crippen LogP contribution in [0.25, 0.3) is 0 Å². The van der Waals surface area contributed by atoms with Gasteiger partial charge in [-0.15, -0.1) is 0 Å². The van der Waals surface area contributed by atoms with Crippen LogP contribution >= 0.6 is 11.6 Å². The summed E-state index contributed by atoms with van der Waals surface area (Å²) in [6.07, 6.45) is 1.82. The van der Waals surface area contributed by atoms with Gasteiger partial charge < -0.3 is 9.47 Å². The zero-order valence-electron chi connectivity index (χ0n) is 12.4. The molecular formula is C16H23ClO2. The van der Waals surface area contributed by atoms with Crippen molar-refractivity contribution in [2.24, 2.45) is 0 Å². The summed E-state index contributed by atoms with van der Waals surface area (Å²) in [5.41, 5.74) is 3.46. The van der Waals surface area contributed by atoms with E-state index in [1.165, 1.54) is 5.56 Å². The second-order valence-electron chi connectivity index (χ2n) is 5.49. The van der Waals surface area contributed by atoms with Crippen molar-refractivity contribution in [3.8, 4) is 5.75 Å². The van der Waals surface area contributed by atoms with Crippen LogP contribution in [-0.2, 0) is 4.74 Å². The third-order valence-corrected chi connectivity index (χ3v) is 4.49. The van der Waals surface area contributed by atoms with Gasteiger partial charge in [0.05, 0.1) is 18.8 Å². The molecule has 0 aromatic heterocycles. The molecule has 2 rings (SSSR count). The van der Waals surface area contributed by atoms with Gasteiger partial charge in [-0.2, -0.15) is 0 Å². The quantitative estimate of drug-likeness (QED) is 0.734. The second-order valence-corrected chi connectivity index (χ2v) is 5.87. The Balaban J connectivity index is 2.32. The molecule has 3 heteroatoms. The Kier molecular flexibility index (Phi) is 4.42. The highest BCUT2D eigenvalue weighted by Crippen LogP contribution is 2.40. The zero-order valence-corrected chi connectivity index (χ0v) is 13.2. The highest BCUT2D eigenvalue weighted by atomic mass is 35.5. The van der Waals surface area contributed by atoms with Crippen LogP contribution in [0.15, 0.2) is 6.07 Å². The predicted molar refractivity (Wildman–Crippen MR) is 79.5 cm³/mol. The molecule has 0 spiro atoms. The van der Waals surface area contributed by atoms with Crippen molar-refractivity contribution in [3.63, 3.8) is 0 Å². The summed E-state index contributed by atoms with van der Waals surface area (Å²) in [6, 6.07) is 2.06. The van der Waals surface area contributed by atoms with Gasteiger partial charge in [-0.25, -0.2) is 0 Å². The van der Waals surface area contributed by atoms with E-state index in [0.717, 1.165) is 28.3 Å². The Bertz CT molecular complexity index is 470. The molecule has 3 atom stereocenters. The van der Waals surface area contributed by atoms with Crippen LogP contribution in [0, 0.1) is 13.8 Å². The second kappa shape index (κ2) is 5.72. The minimum atomic E-state index is 0.393. The number of hydrogen-bond acceptors (Lipinski definition) is 2. The molecule has 1 heterocycles. The van der Waals surface area contributed by atoms with E-state index < -0.39 is 0 Å². The molecule has 0 bridgehead atoms. The van der Waals surface area contributed by atoms with E-state index in [9.17, 15) is 0 Å². The summed E-state index contributed by atoms with van der Waals surface area (Å²) in [7, 11) is 0. The van der Waals surface area contributed by atoms with Gasteiger partial charge >= 0.3 is 0 Å². The van der Waals surface area contributed by atoms with Gasteiger partial charge in [-0.05, 0) is 57.2 Å². The van der Waals surface area contributed by atoms with E-state index in [-0.39, 0.29) is 0 Å². The van der Waals surface area contributed by atoms with Gasteiger partial charge in [-0.1, -0.05) is 18.5 Å². The van der Waals surface area contributed by atoms with Crippen molar-refractivity contribution in [3.05, 3.63) is 27.8 Å². The topological polar surface area (TPSA) is 21.8 Å². The third-order valence-electron chi connectivity index (χ3n) is 3.91. The molecule has 19 heavy (non-hydrogen) atoms. The number of epoxide rings is 1. The molecule has 1 saturated heterocycles. The van der Waals surface area contributed by atoms with Gasteiger partial charge in [-0.3, -0.25) is 0 Å². The predicted octanol–water partition coefficient (Wildman–Crippen LogP) is 4.64. The summed E-state index contributed by atoms with van der Waals surface area (Å²) in [4.78, 5) is 0. The molecule has 1 aliphatic heterocycles. The van der Waals surface area contributed by atoms with Gasteiger partial charge in [0.1, 0.15) is 5.75 Å². The van der Waals surface area contributed by atoms with E-state index in [1.54, 1.807) is 0 Å². The first-order valence-corrected chi connectivity index (χ1v) is 7.41. The maximum Gasteiger partial charge on any atom is 0.123 e. The molecule has 1 fully saturated rings. The number of hydrogen-bond donors (Lipinski definition) is 0. The van der Waals surface area contributed by atoms with Crippen molar-refractivity contribution >= 4 is 11.6 Å². The lowest BCUT2D eigenvalue weighted by molar-refractivity contribution is 0.329. The van der Waals surface area contributed by atoms with Crippen LogP contribution in [0.5, 0.6) is 5.75 Å². The van der Waals surface area contributed by atoms with E-state index in [4.69, 9.17) is 21.1 Å². The van der Waals surface area contributed by atoms with Gasteiger partial charge in [0.15, 0.2) is 0 Å². The molecule has 1 aromatic carbocycles. The maximum atomic E-state index is 6.39. The molecule has 1 aliphatic rings. The van der Waals surface area contributed by atoms with Crippen molar-refractivity contribution < 1.29 is 9.47 Å². The Labute approximate surface area is 121 Å². The Morgan fingerprint density at radius 2 is 2.05 bits per heavy atom. The maximum absolute atomic E-state index is 6.39. The lowest BCUT2D eigenvalue weighted by Gasteiger charge is -2.21. The smallest absolute Gasteiger partial charge is 0.123 e. The zero-order chi connectivity index (χ0) is 14.2. The number of aryl methyl sites for hydroxylation is 1. The molecular weight excluding hydrogens is 260 g/mol. The summed E-state index contributed by atoms with van der Waals surface area (Å²) >= 11 is 6.39. The Morgan fingerprint density at radius 3 is 2.58 bits per heavy atom. The summed E-state index contributed by atoms with van der Waals surface area (Å²) < 4.78 is 11.3. The number of benzene rings is 1. The van der Waals surface area contributed by atoms with E-state index in [0.29, 0.717) is 24.7 Å². The molecule has 0 N–H and O–H groups in total. The van der Waals surface area contributed by atoms with Crippen molar-refractivity contribution in [1.29, 1.82) is 0 Å². The third kappa shape index (κ3) is 3.06. The number of ether oxygens (including phenoxy) is 2. The molecule has 1 aromatic rings. The fourth-order valence-electron chi connectivity index (χ4n) is 2.77. The average Bonchev–Trinajstić information content (AvgIpc) is 3.02. The molecule has 0 saturated carbocycles. The van der Waals surface area contributed by atoms with Gasteiger partial charge in [0.25, 0.3) is 0 Å². The number of halogens is 1. The minimum Gasteiger partial charge on any atom is -0.494 e. The van der Waals surface area contributed by atoms with E-state index in [1.807, 2.05) is 13.8 Å². The van der Waals surface area contributed by atoms with Crippen molar-refractivity contribution in [1.82, 2.24) is 0 Å². The standard InChI is InChI=1S/C16H23ClO2/c1-6-18-14-8-10(3)16(17)11(4)15(14)9(2)7-13-12(5)19-13/h8-9,12-13H,6-7H2,1-5H3. The Hall–Kier alpha value is -0.730. The van der Waals surface area contributed by atoms with E-state index >= 15 is 0 Å². The molecule has 0 amide bonds.